The number of phenolic OH excluding ortho intramolecular Hbond substituents is 1. The molecule has 98 valence electrons. The second kappa shape index (κ2) is 5.28. The molecule has 0 saturated heterocycles. The van der Waals surface area contributed by atoms with E-state index in [4.69, 9.17) is 11.6 Å². The van der Waals surface area contributed by atoms with Crippen LogP contribution >= 0.6 is 11.6 Å². The van der Waals surface area contributed by atoms with Crippen LogP contribution in [0.1, 0.15) is 10.4 Å². The lowest BCUT2D eigenvalue weighted by Gasteiger charge is -2.18. The molecule has 0 saturated carbocycles. The lowest BCUT2D eigenvalue weighted by Crippen LogP contribution is -2.26. The number of halogens is 2. The maximum atomic E-state index is 12.9. The molecule has 2 rings (SSSR count). The van der Waals surface area contributed by atoms with Crippen LogP contribution in [-0.2, 0) is 0 Å². The van der Waals surface area contributed by atoms with Gasteiger partial charge in [0.15, 0.2) is 0 Å². The van der Waals surface area contributed by atoms with Crippen LogP contribution in [0.2, 0.25) is 5.02 Å². The molecule has 2 aromatic carbocycles. The van der Waals surface area contributed by atoms with Crippen LogP contribution in [0.3, 0.4) is 0 Å². The number of benzene rings is 2. The molecule has 0 unspecified atom stereocenters. The monoisotopic (exact) mass is 279 g/mol. The molecule has 19 heavy (non-hydrogen) atoms. The van der Waals surface area contributed by atoms with Crippen molar-refractivity contribution < 1.29 is 14.3 Å². The molecule has 5 heteroatoms. The topological polar surface area (TPSA) is 40.5 Å². The van der Waals surface area contributed by atoms with Gasteiger partial charge in [0.25, 0.3) is 5.91 Å². The Hall–Kier alpha value is -2.07. The zero-order valence-electron chi connectivity index (χ0n) is 10.1. The fraction of sp³-hybridized carbons (Fsp3) is 0.0714. The third-order valence-electron chi connectivity index (χ3n) is 2.68. The first kappa shape index (κ1) is 13.4. The number of carbonyl (C=O) groups is 1. The fourth-order valence-electron chi connectivity index (χ4n) is 1.66. The van der Waals surface area contributed by atoms with Crippen molar-refractivity contribution in [2.24, 2.45) is 0 Å². The first-order valence-corrected chi connectivity index (χ1v) is 5.89. The molecular formula is C14H11ClFNO2. The summed E-state index contributed by atoms with van der Waals surface area (Å²) >= 11 is 5.85. The van der Waals surface area contributed by atoms with Crippen molar-refractivity contribution >= 4 is 23.2 Å². The van der Waals surface area contributed by atoms with Gasteiger partial charge in [-0.05, 0) is 30.3 Å². The van der Waals surface area contributed by atoms with E-state index in [2.05, 4.69) is 0 Å². The molecule has 0 aromatic heterocycles. The molecule has 0 aliphatic rings. The molecule has 2 aromatic rings. The lowest BCUT2D eigenvalue weighted by atomic mass is 10.2. The van der Waals surface area contributed by atoms with E-state index in [1.165, 1.54) is 29.2 Å². The molecule has 3 nitrogen and oxygen atoms in total. The van der Waals surface area contributed by atoms with Crippen LogP contribution < -0.4 is 4.90 Å². The maximum Gasteiger partial charge on any atom is 0.259 e. The Morgan fingerprint density at radius 3 is 2.63 bits per heavy atom. The molecule has 0 heterocycles. The van der Waals surface area contributed by atoms with E-state index in [1.54, 1.807) is 19.2 Å². The Labute approximate surface area is 114 Å². The van der Waals surface area contributed by atoms with E-state index in [9.17, 15) is 14.3 Å². The van der Waals surface area contributed by atoms with E-state index in [0.717, 1.165) is 6.07 Å². The van der Waals surface area contributed by atoms with Crippen LogP contribution in [0.25, 0.3) is 0 Å². The molecule has 0 atom stereocenters. The minimum atomic E-state index is -0.499. The summed E-state index contributed by atoms with van der Waals surface area (Å²) in [6.07, 6.45) is 0. The van der Waals surface area contributed by atoms with Crippen molar-refractivity contribution in [3.8, 4) is 5.75 Å². The van der Waals surface area contributed by atoms with Crippen molar-refractivity contribution in [2.75, 3.05) is 11.9 Å². The Kier molecular flexibility index (Phi) is 3.71. The molecule has 0 aliphatic carbocycles. The van der Waals surface area contributed by atoms with Crippen LogP contribution in [-0.4, -0.2) is 18.1 Å². The van der Waals surface area contributed by atoms with Crippen molar-refractivity contribution in [2.45, 2.75) is 0 Å². The summed E-state index contributed by atoms with van der Waals surface area (Å²) < 4.78 is 12.9. The number of amides is 1. The number of nitrogens with zero attached hydrogens (tertiary/aromatic N) is 1. The maximum absolute atomic E-state index is 12.9. The number of hydrogen-bond donors (Lipinski definition) is 1. The first-order chi connectivity index (χ1) is 8.99. The van der Waals surface area contributed by atoms with Crippen molar-refractivity contribution in [1.82, 2.24) is 0 Å². The fourth-order valence-corrected chi connectivity index (χ4v) is 1.91. The summed E-state index contributed by atoms with van der Waals surface area (Å²) in [5.74, 6) is -0.820. The number of aromatic hydroxyl groups is 1. The molecule has 0 bridgehead atoms. The van der Waals surface area contributed by atoms with Gasteiger partial charge in [-0.25, -0.2) is 4.39 Å². The highest BCUT2D eigenvalue weighted by Crippen LogP contribution is 2.23. The van der Waals surface area contributed by atoms with Crippen LogP contribution in [0, 0.1) is 5.82 Å². The third-order valence-corrected chi connectivity index (χ3v) is 3.00. The van der Waals surface area contributed by atoms with Crippen LogP contribution in [0.5, 0.6) is 5.75 Å². The molecule has 1 N–H and O–H groups in total. The van der Waals surface area contributed by atoms with Gasteiger partial charge < -0.3 is 10.0 Å². The van der Waals surface area contributed by atoms with Gasteiger partial charge in [0.1, 0.15) is 11.6 Å². The van der Waals surface area contributed by atoms with Gasteiger partial charge in [-0.3, -0.25) is 4.79 Å². The minimum absolute atomic E-state index is 0.0528. The lowest BCUT2D eigenvalue weighted by molar-refractivity contribution is 0.0993. The van der Waals surface area contributed by atoms with E-state index >= 15 is 0 Å². The largest absolute Gasteiger partial charge is 0.508 e. The summed E-state index contributed by atoms with van der Waals surface area (Å²) in [4.78, 5) is 13.6. The average molecular weight is 280 g/mol. The molecule has 0 spiro atoms. The highest BCUT2D eigenvalue weighted by Gasteiger charge is 2.17. The quantitative estimate of drug-likeness (QED) is 0.914. The van der Waals surface area contributed by atoms with Gasteiger partial charge >= 0.3 is 0 Å². The standard InChI is InChI=1S/C14H11ClFNO2/c1-17(10-3-2-4-11(18)8-10)14(19)12-6-5-9(16)7-13(12)15/h2-8,18H,1H3. The SMILES string of the molecule is CN(C(=O)c1ccc(F)cc1Cl)c1cccc(O)c1. The zero-order valence-corrected chi connectivity index (χ0v) is 10.9. The summed E-state index contributed by atoms with van der Waals surface area (Å²) in [5, 5.41) is 9.44. The van der Waals surface area contributed by atoms with Gasteiger partial charge in [0, 0.05) is 18.8 Å². The van der Waals surface area contributed by atoms with Gasteiger partial charge in [-0.1, -0.05) is 17.7 Å². The van der Waals surface area contributed by atoms with E-state index in [1.807, 2.05) is 0 Å². The van der Waals surface area contributed by atoms with Gasteiger partial charge in [-0.2, -0.15) is 0 Å². The van der Waals surface area contributed by atoms with Crippen LogP contribution in [0.4, 0.5) is 10.1 Å². The number of carbonyl (C=O) groups excluding carboxylic acids is 1. The second-order valence-electron chi connectivity index (χ2n) is 4.01. The number of hydrogen-bond acceptors (Lipinski definition) is 2. The third kappa shape index (κ3) is 2.85. The van der Waals surface area contributed by atoms with Gasteiger partial charge in [0.05, 0.1) is 10.6 Å². The van der Waals surface area contributed by atoms with E-state index < -0.39 is 5.82 Å². The van der Waals surface area contributed by atoms with Crippen molar-refractivity contribution in [1.29, 1.82) is 0 Å². The highest BCUT2D eigenvalue weighted by molar-refractivity contribution is 6.34. The first-order valence-electron chi connectivity index (χ1n) is 5.51. The van der Waals surface area contributed by atoms with Gasteiger partial charge in [-0.15, -0.1) is 0 Å². The molecule has 0 fully saturated rings. The molecule has 0 radical (unpaired) electrons. The average Bonchev–Trinajstić information content (AvgIpc) is 2.37. The van der Waals surface area contributed by atoms with Crippen molar-refractivity contribution in [3.63, 3.8) is 0 Å². The number of rotatable bonds is 2. The molecule has 0 aliphatic heterocycles. The Balaban J connectivity index is 2.33. The van der Waals surface area contributed by atoms with E-state index in [-0.39, 0.29) is 22.2 Å². The highest BCUT2D eigenvalue weighted by atomic mass is 35.5. The minimum Gasteiger partial charge on any atom is -0.508 e. The van der Waals surface area contributed by atoms with Crippen LogP contribution in [0.15, 0.2) is 42.5 Å². The number of phenols is 1. The number of anilines is 1. The summed E-state index contributed by atoms with van der Waals surface area (Å²) in [6, 6.07) is 9.86. The summed E-state index contributed by atoms with van der Waals surface area (Å²) in [7, 11) is 1.55. The van der Waals surface area contributed by atoms with E-state index in [0.29, 0.717) is 5.69 Å². The summed E-state index contributed by atoms with van der Waals surface area (Å²) in [6.45, 7) is 0. The second-order valence-corrected chi connectivity index (χ2v) is 4.42. The smallest absolute Gasteiger partial charge is 0.259 e. The summed E-state index contributed by atoms with van der Waals surface area (Å²) in [5.41, 5.74) is 0.722. The Morgan fingerprint density at radius 1 is 1.26 bits per heavy atom. The molecular weight excluding hydrogens is 269 g/mol. The predicted octanol–water partition coefficient (Wildman–Crippen LogP) is 3.46. The van der Waals surface area contributed by atoms with Crippen molar-refractivity contribution in [3.05, 3.63) is 58.9 Å². The zero-order chi connectivity index (χ0) is 14.0. The Morgan fingerprint density at radius 2 is 2.00 bits per heavy atom. The predicted molar refractivity (Wildman–Crippen MR) is 72.3 cm³/mol. The molecule has 1 amide bonds. The normalized spacial score (nSPS) is 10.3. The Bertz CT molecular complexity index is 631. The van der Waals surface area contributed by atoms with Gasteiger partial charge in [0.2, 0.25) is 0 Å².